The molecule has 2 aromatic rings. The van der Waals surface area contributed by atoms with Crippen LogP contribution in [0, 0.1) is 11.8 Å². The fraction of sp³-hybridized carbons (Fsp3) is 0.483. The van der Waals surface area contributed by atoms with Crippen LogP contribution in [0.3, 0.4) is 0 Å². The lowest BCUT2D eigenvalue weighted by Gasteiger charge is -2.63. The van der Waals surface area contributed by atoms with E-state index in [1.54, 1.807) is 18.2 Å². The molecule has 5 aliphatic rings. The van der Waals surface area contributed by atoms with Crippen molar-refractivity contribution >= 4 is 39.3 Å². The minimum absolute atomic E-state index is 0.0647. The predicted molar refractivity (Wildman–Crippen MR) is 143 cm³/mol. The number of carbonyl (C=O) groups excluding carboxylic acids is 3. The van der Waals surface area contributed by atoms with Crippen LogP contribution in [0.4, 0.5) is 5.69 Å². The number of amides is 1. The van der Waals surface area contributed by atoms with Gasteiger partial charge in [0.25, 0.3) is 0 Å². The maximum absolute atomic E-state index is 14.0. The first kappa shape index (κ1) is 25.0. The number of aromatic hydroxyl groups is 1. The summed E-state index contributed by atoms with van der Waals surface area (Å²) in [5, 5.41) is 26.2. The fourth-order valence-corrected chi connectivity index (χ4v) is 8.01. The number of methoxy groups -OCH3 is 1. The first-order valence-corrected chi connectivity index (χ1v) is 14.2. The number of Topliss-reactive ketones (excluding diaryl/α,β-unsaturated/α-hetero) is 1. The number of benzene rings is 2. The third kappa shape index (κ3) is 3.40. The van der Waals surface area contributed by atoms with E-state index in [0.29, 0.717) is 29.8 Å². The summed E-state index contributed by atoms with van der Waals surface area (Å²) >= 11 is 3.33. The number of aliphatic hydroxyl groups is 1. The molecule has 2 aliphatic heterocycles. The van der Waals surface area contributed by atoms with Crippen LogP contribution in [0.1, 0.15) is 47.2 Å². The van der Waals surface area contributed by atoms with Gasteiger partial charge in [-0.3, -0.25) is 14.5 Å². The molecule has 1 spiro atoms. The number of ether oxygens (including phenoxy) is 2. The average Bonchev–Trinajstić information content (AvgIpc) is 3.66. The highest BCUT2D eigenvalue weighted by molar-refractivity contribution is 9.10. The topological polar surface area (TPSA) is 125 Å². The highest BCUT2D eigenvalue weighted by Crippen LogP contribution is 2.65. The van der Waals surface area contributed by atoms with Crippen LogP contribution in [0.2, 0.25) is 0 Å². The van der Waals surface area contributed by atoms with E-state index < -0.39 is 40.7 Å². The second kappa shape index (κ2) is 8.52. The second-order valence-electron chi connectivity index (χ2n) is 11.6. The van der Waals surface area contributed by atoms with E-state index in [2.05, 4.69) is 26.1 Å². The van der Waals surface area contributed by atoms with Crippen molar-refractivity contribution in [3.05, 3.63) is 51.5 Å². The van der Waals surface area contributed by atoms with Crippen molar-refractivity contribution in [1.82, 2.24) is 4.90 Å². The molecule has 7 rings (SSSR count). The lowest BCUT2D eigenvalue weighted by Crippen LogP contribution is -2.78. The van der Waals surface area contributed by atoms with E-state index in [1.807, 2.05) is 6.07 Å². The summed E-state index contributed by atoms with van der Waals surface area (Å²) in [5.41, 5.74) is -0.383. The zero-order chi connectivity index (χ0) is 27.3. The van der Waals surface area contributed by atoms with Crippen LogP contribution in [0.15, 0.2) is 34.8 Å². The van der Waals surface area contributed by atoms with Gasteiger partial charge in [0.05, 0.1) is 29.4 Å². The number of nitrogens with zero attached hydrogens (tertiary/aromatic N) is 1. The third-order valence-electron chi connectivity index (χ3n) is 9.59. The largest absolute Gasteiger partial charge is 0.504 e. The normalized spacial score (nSPS) is 32.3. The molecule has 9 nitrogen and oxygen atoms in total. The second-order valence-corrected chi connectivity index (χ2v) is 12.5. The number of anilines is 1. The summed E-state index contributed by atoms with van der Waals surface area (Å²) < 4.78 is 11.7. The van der Waals surface area contributed by atoms with Gasteiger partial charge in [-0.1, -0.05) is 22.0 Å². The Balaban J connectivity index is 1.29. The van der Waals surface area contributed by atoms with Gasteiger partial charge in [0.15, 0.2) is 23.4 Å². The van der Waals surface area contributed by atoms with Crippen LogP contribution in [0.5, 0.6) is 11.5 Å². The number of rotatable bonds is 5. The van der Waals surface area contributed by atoms with Crippen LogP contribution < -0.4 is 10.1 Å². The zero-order valence-electron chi connectivity index (χ0n) is 21.4. The van der Waals surface area contributed by atoms with E-state index in [4.69, 9.17) is 9.47 Å². The lowest BCUT2D eigenvalue weighted by atomic mass is 9.47. The molecule has 1 unspecified atom stereocenters. The Morgan fingerprint density at radius 2 is 2.05 bits per heavy atom. The van der Waals surface area contributed by atoms with Crippen molar-refractivity contribution in [3.8, 4) is 11.5 Å². The molecule has 2 heterocycles. The third-order valence-corrected chi connectivity index (χ3v) is 10.1. The highest BCUT2D eigenvalue weighted by Gasteiger charge is 2.75. The van der Waals surface area contributed by atoms with Gasteiger partial charge in [-0.15, -0.1) is 0 Å². The Bertz CT molecular complexity index is 1440. The highest BCUT2D eigenvalue weighted by atomic mass is 79.9. The van der Waals surface area contributed by atoms with Gasteiger partial charge in [0.2, 0.25) is 5.91 Å². The number of ketones is 1. The molecule has 204 valence electrons. The number of nitrogens with one attached hydrogen (secondary N) is 1. The molecule has 39 heavy (non-hydrogen) atoms. The number of halogens is 1. The van der Waals surface area contributed by atoms with Crippen molar-refractivity contribution in [2.24, 2.45) is 11.8 Å². The molecule has 1 amide bonds. The molecule has 0 radical (unpaired) electrons. The number of phenolic OH excluding ortho intramolecular Hbond substituents is 1. The summed E-state index contributed by atoms with van der Waals surface area (Å²) in [6.45, 7) is 1.59. The average molecular weight is 597 g/mol. The summed E-state index contributed by atoms with van der Waals surface area (Å²) in [6, 6.07) is 7.95. The SMILES string of the molecule is COC(=O)c1cc(Br)ccc1NC(=O)C1C[C@@]2(O)[C@H]3Cc4ccc(O)c5c4[C@@]2(CCN3CC2CC2)[C@@H](O5)C1=O. The molecule has 2 aromatic carbocycles. The Labute approximate surface area is 233 Å². The molecular weight excluding hydrogens is 568 g/mol. The van der Waals surface area contributed by atoms with Gasteiger partial charge in [0.1, 0.15) is 5.92 Å². The van der Waals surface area contributed by atoms with E-state index in [-0.39, 0.29) is 35.2 Å². The van der Waals surface area contributed by atoms with Gasteiger partial charge >= 0.3 is 5.97 Å². The van der Waals surface area contributed by atoms with Crippen molar-refractivity contribution < 1.29 is 34.1 Å². The number of carbonyl (C=O) groups is 3. The summed E-state index contributed by atoms with van der Waals surface area (Å²) in [4.78, 5) is 42.5. The van der Waals surface area contributed by atoms with E-state index in [0.717, 1.165) is 17.7 Å². The van der Waals surface area contributed by atoms with Gasteiger partial charge in [-0.05, 0) is 74.4 Å². The molecule has 0 aromatic heterocycles. The van der Waals surface area contributed by atoms with Crippen LogP contribution in [0.25, 0.3) is 0 Å². The van der Waals surface area contributed by atoms with Crippen molar-refractivity contribution in [2.75, 3.05) is 25.5 Å². The van der Waals surface area contributed by atoms with Crippen molar-refractivity contribution in [3.63, 3.8) is 0 Å². The van der Waals surface area contributed by atoms with Crippen LogP contribution in [-0.2, 0) is 26.2 Å². The Hall–Kier alpha value is -2.95. The van der Waals surface area contributed by atoms with Crippen LogP contribution >= 0.6 is 15.9 Å². The molecule has 3 aliphatic carbocycles. The number of hydrogen-bond acceptors (Lipinski definition) is 8. The van der Waals surface area contributed by atoms with Crippen molar-refractivity contribution in [1.29, 1.82) is 0 Å². The molecule has 1 saturated heterocycles. The Morgan fingerprint density at radius 1 is 1.26 bits per heavy atom. The lowest BCUT2D eigenvalue weighted by molar-refractivity contribution is -0.197. The summed E-state index contributed by atoms with van der Waals surface area (Å²) in [5.74, 6) is -2.08. The van der Waals surface area contributed by atoms with Crippen molar-refractivity contribution in [2.45, 2.75) is 55.3 Å². The smallest absolute Gasteiger partial charge is 0.340 e. The molecule has 3 fully saturated rings. The molecule has 10 heteroatoms. The number of esters is 1. The summed E-state index contributed by atoms with van der Waals surface area (Å²) in [7, 11) is 1.25. The quantitative estimate of drug-likeness (QED) is 0.355. The standard InChI is InChI=1S/C29H29BrN2O7/c1-38-27(36)17-11-16(30)5-6-19(17)31-26(35)18-12-29(37)21-10-15-4-7-20(33)24-22(15)28(29,25(39-24)23(18)34)8-9-32(21)13-14-2-3-14/h4-7,11,14,18,21,25,33,37H,2-3,8-10,12-13H2,1H3,(H,31,35)/t18?,21-,25+,28+,29-/m1/s1. The Kier molecular flexibility index (Phi) is 5.47. The maximum atomic E-state index is 14.0. The minimum Gasteiger partial charge on any atom is -0.504 e. The first-order valence-electron chi connectivity index (χ1n) is 13.4. The molecule has 2 bridgehead atoms. The Morgan fingerprint density at radius 3 is 2.79 bits per heavy atom. The first-order chi connectivity index (χ1) is 18.7. The number of likely N-dealkylation sites (tertiary alicyclic amines) is 1. The molecular formula is C29H29BrN2O7. The predicted octanol–water partition coefficient (Wildman–Crippen LogP) is 2.94. The van der Waals surface area contributed by atoms with E-state index in [9.17, 15) is 24.6 Å². The number of phenols is 1. The molecule has 5 atom stereocenters. The van der Waals surface area contributed by atoms with Gasteiger partial charge in [-0.25, -0.2) is 4.79 Å². The number of piperidine rings is 1. The maximum Gasteiger partial charge on any atom is 0.340 e. The van der Waals surface area contributed by atoms with E-state index in [1.165, 1.54) is 26.0 Å². The van der Waals surface area contributed by atoms with Crippen LogP contribution in [-0.4, -0.2) is 70.7 Å². The fourth-order valence-electron chi connectivity index (χ4n) is 7.65. The summed E-state index contributed by atoms with van der Waals surface area (Å²) in [6.07, 6.45) is 2.23. The monoisotopic (exact) mass is 596 g/mol. The zero-order valence-corrected chi connectivity index (χ0v) is 23.0. The minimum atomic E-state index is -1.42. The van der Waals surface area contributed by atoms with Gasteiger partial charge < -0.3 is 25.0 Å². The van der Waals surface area contributed by atoms with Gasteiger partial charge in [-0.2, -0.15) is 0 Å². The van der Waals surface area contributed by atoms with E-state index >= 15 is 0 Å². The molecule has 2 saturated carbocycles. The number of hydrogen-bond donors (Lipinski definition) is 3. The van der Waals surface area contributed by atoms with Gasteiger partial charge in [0, 0.05) is 22.6 Å². The molecule has 3 N–H and O–H groups in total.